The molecule has 25 heavy (non-hydrogen) atoms. The molecule has 1 aromatic heterocycles. The van der Waals surface area contributed by atoms with Crippen molar-refractivity contribution < 1.29 is 13.9 Å². The van der Waals surface area contributed by atoms with Gasteiger partial charge >= 0.3 is 0 Å². The lowest BCUT2D eigenvalue weighted by atomic mass is 10.2. The summed E-state index contributed by atoms with van der Waals surface area (Å²) in [5.41, 5.74) is 0.925. The molecule has 1 amide bonds. The Kier molecular flexibility index (Phi) is 5.81. The van der Waals surface area contributed by atoms with Crippen LogP contribution in [-0.4, -0.2) is 85.2 Å². The Hall–Kier alpha value is -1.37. The van der Waals surface area contributed by atoms with E-state index in [1.807, 2.05) is 24.8 Å². The minimum absolute atomic E-state index is 0.0187. The van der Waals surface area contributed by atoms with Crippen LogP contribution in [0.3, 0.4) is 0 Å². The van der Waals surface area contributed by atoms with Crippen molar-refractivity contribution in [2.45, 2.75) is 39.8 Å². The van der Waals surface area contributed by atoms with Gasteiger partial charge in [-0.2, -0.15) is 0 Å². The molecule has 6 nitrogen and oxygen atoms in total. The second kappa shape index (κ2) is 7.89. The topological polar surface area (TPSA) is 49.2 Å². The first kappa shape index (κ1) is 18.4. The number of morpholine rings is 1. The first-order valence-electron chi connectivity index (χ1n) is 9.38. The Morgan fingerprint density at radius 3 is 2.52 bits per heavy atom. The number of ether oxygens (including phenoxy) is 1. The third-order valence-corrected chi connectivity index (χ3v) is 5.26. The Bertz CT molecular complexity index is 591. The summed E-state index contributed by atoms with van der Waals surface area (Å²) in [5.74, 6) is 1.31. The van der Waals surface area contributed by atoms with Gasteiger partial charge in [-0.05, 0) is 33.8 Å². The van der Waals surface area contributed by atoms with Gasteiger partial charge in [0.05, 0.1) is 12.7 Å². The molecular weight excluding hydrogens is 318 g/mol. The molecule has 1 atom stereocenters. The number of hydrogen-bond acceptors (Lipinski definition) is 5. The van der Waals surface area contributed by atoms with E-state index in [4.69, 9.17) is 9.15 Å². The summed E-state index contributed by atoms with van der Waals surface area (Å²) in [4.78, 5) is 19.4. The van der Waals surface area contributed by atoms with Crippen LogP contribution in [0.5, 0.6) is 0 Å². The molecule has 2 aliphatic rings. The molecule has 2 saturated heterocycles. The number of piperazine rings is 1. The Balaban J connectivity index is 1.49. The third-order valence-electron chi connectivity index (χ3n) is 5.26. The van der Waals surface area contributed by atoms with Gasteiger partial charge in [0.15, 0.2) is 5.76 Å². The highest BCUT2D eigenvalue weighted by molar-refractivity contribution is 5.93. The molecular formula is C19H31N3O3. The van der Waals surface area contributed by atoms with Crippen LogP contribution < -0.4 is 0 Å². The third kappa shape index (κ3) is 4.43. The van der Waals surface area contributed by atoms with Gasteiger partial charge < -0.3 is 14.1 Å². The first-order chi connectivity index (χ1) is 11.9. The number of furan rings is 1. The Morgan fingerprint density at radius 2 is 1.92 bits per heavy atom. The molecule has 0 N–H and O–H groups in total. The quantitative estimate of drug-likeness (QED) is 0.829. The van der Waals surface area contributed by atoms with Gasteiger partial charge in [0.1, 0.15) is 5.76 Å². The van der Waals surface area contributed by atoms with E-state index >= 15 is 0 Å². The van der Waals surface area contributed by atoms with Crippen LogP contribution in [0, 0.1) is 13.8 Å². The van der Waals surface area contributed by atoms with Crippen LogP contribution >= 0.6 is 0 Å². The lowest BCUT2D eigenvalue weighted by Crippen LogP contribution is -2.54. The van der Waals surface area contributed by atoms with Gasteiger partial charge in [0.25, 0.3) is 5.91 Å². The van der Waals surface area contributed by atoms with Crippen molar-refractivity contribution in [1.29, 1.82) is 0 Å². The molecule has 3 heterocycles. The van der Waals surface area contributed by atoms with E-state index in [2.05, 4.69) is 23.6 Å². The summed E-state index contributed by atoms with van der Waals surface area (Å²) >= 11 is 0. The van der Waals surface area contributed by atoms with E-state index in [0.29, 0.717) is 11.8 Å². The lowest BCUT2D eigenvalue weighted by Gasteiger charge is -2.40. The normalized spacial score (nSPS) is 23.4. The number of hydrogen-bond donors (Lipinski definition) is 0. The molecule has 3 rings (SSSR count). The van der Waals surface area contributed by atoms with Crippen LogP contribution in [0.2, 0.25) is 0 Å². The standard InChI is InChI=1S/C19H31N3O3/c1-14(2)22-9-10-24-17(13-22)12-20-5-7-21(8-6-20)19(23)18-15(3)11-16(4)25-18/h11,14,17H,5-10,12-13H2,1-4H3/t17-/m0/s1. The van der Waals surface area contributed by atoms with Gasteiger partial charge in [-0.25, -0.2) is 0 Å². The predicted octanol–water partition coefficient (Wildman–Crippen LogP) is 1.76. The monoisotopic (exact) mass is 349 g/mol. The van der Waals surface area contributed by atoms with E-state index in [-0.39, 0.29) is 12.0 Å². The largest absolute Gasteiger partial charge is 0.456 e. The van der Waals surface area contributed by atoms with Crippen molar-refractivity contribution in [1.82, 2.24) is 14.7 Å². The molecule has 2 fully saturated rings. The van der Waals surface area contributed by atoms with Crippen LogP contribution in [0.25, 0.3) is 0 Å². The Labute approximate surface area is 150 Å². The average Bonchev–Trinajstić information content (AvgIpc) is 2.93. The minimum Gasteiger partial charge on any atom is -0.456 e. The second-order valence-electron chi connectivity index (χ2n) is 7.54. The van der Waals surface area contributed by atoms with Crippen LogP contribution in [-0.2, 0) is 4.74 Å². The molecule has 1 aromatic rings. The zero-order chi connectivity index (χ0) is 18.0. The molecule has 0 unspecified atom stereocenters. The maximum atomic E-state index is 12.6. The number of rotatable bonds is 4. The van der Waals surface area contributed by atoms with Gasteiger partial charge in [0, 0.05) is 57.4 Å². The van der Waals surface area contributed by atoms with Crippen molar-refractivity contribution in [3.8, 4) is 0 Å². The highest BCUT2D eigenvalue weighted by Crippen LogP contribution is 2.18. The maximum absolute atomic E-state index is 12.6. The van der Waals surface area contributed by atoms with Crippen molar-refractivity contribution in [3.05, 3.63) is 23.2 Å². The van der Waals surface area contributed by atoms with E-state index in [0.717, 1.165) is 63.7 Å². The fraction of sp³-hybridized carbons (Fsp3) is 0.737. The Morgan fingerprint density at radius 1 is 1.20 bits per heavy atom. The highest BCUT2D eigenvalue weighted by atomic mass is 16.5. The van der Waals surface area contributed by atoms with Crippen molar-refractivity contribution in [2.75, 3.05) is 52.4 Å². The van der Waals surface area contributed by atoms with Crippen molar-refractivity contribution in [3.63, 3.8) is 0 Å². The number of amides is 1. The summed E-state index contributed by atoms with van der Waals surface area (Å²) in [5, 5.41) is 0. The minimum atomic E-state index is 0.0187. The molecule has 0 bridgehead atoms. The molecule has 2 aliphatic heterocycles. The van der Waals surface area contributed by atoms with Crippen LogP contribution in [0.4, 0.5) is 0 Å². The highest BCUT2D eigenvalue weighted by Gasteiger charge is 2.28. The fourth-order valence-electron chi connectivity index (χ4n) is 3.74. The summed E-state index contributed by atoms with van der Waals surface area (Å²) < 4.78 is 11.5. The van der Waals surface area contributed by atoms with Crippen LogP contribution in [0.1, 0.15) is 35.7 Å². The second-order valence-corrected chi connectivity index (χ2v) is 7.54. The van der Waals surface area contributed by atoms with Gasteiger partial charge in [-0.3, -0.25) is 14.6 Å². The summed E-state index contributed by atoms with van der Waals surface area (Å²) in [6.45, 7) is 15.4. The van der Waals surface area contributed by atoms with Gasteiger partial charge in [0.2, 0.25) is 0 Å². The molecule has 0 radical (unpaired) electrons. The fourth-order valence-corrected chi connectivity index (χ4v) is 3.74. The molecule has 0 aromatic carbocycles. The zero-order valence-electron chi connectivity index (χ0n) is 16.0. The maximum Gasteiger partial charge on any atom is 0.289 e. The van der Waals surface area contributed by atoms with Gasteiger partial charge in [-0.1, -0.05) is 0 Å². The predicted molar refractivity (Wildman–Crippen MR) is 97.0 cm³/mol. The number of carbonyl (C=O) groups excluding carboxylic acids is 1. The average molecular weight is 349 g/mol. The number of carbonyl (C=O) groups is 1. The molecule has 6 heteroatoms. The SMILES string of the molecule is Cc1cc(C)c(C(=O)N2CCN(C[C@H]3CN(C(C)C)CCO3)CC2)o1. The summed E-state index contributed by atoms with van der Waals surface area (Å²) in [7, 11) is 0. The molecule has 0 aliphatic carbocycles. The van der Waals surface area contributed by atoms with Crippen molar-refractivity contribution in [2.24, 2.45) is 0 Å². The summed E-state index contributed by atoms with van der Waals surface area (Å²) in [6, 6.07) is 2.49. The molecule has 140 valence electrons. The van der Waals surface area contributed by atoms with E-state index in [1.165, 1.54) is 0 Å². The number of aryl methyl sites for hydroxylation is 2. The van der Waals surface area contributed by atoms with E-state index < -0.39 is 0 Å². The van der Waals surface area contributed by atoms with Crippen LogP contribution in [0.15, 0.2) is 10.5 Å². The number of nitrogens with zero attached hydrogens (tertiary/aromatic N) is 3. The van der Waals surface area contributed by atoms with E-state index in [1.54, 1.807) is 0 Å². The van der Waals surface area contributed by atoms with Crippen molar-refractivity contribution >= 4 is 5.91 Å². The lowest BCUT2D eigenvalue weighted by molar-refractivity contribution is -0.0556. The smallest absolute Gasteiger partial charge is 0.289 e. The molecule has 0 spiro atoms. The summed E-state index contributed by atoms with van der Waals surface area (Å²) in [6.07, 6.45) is 0.272. The van der Waals surface area contributed by atoms with E-state index in [9.17, 15) is 4.79 Å². The van der Waals surface area contributed by atoms with Gasteiger partial charge in [-0.15, -0.1) is 0 Å². The first-order valence-corrected chi connectivity index (χ1v) is 9.38. The molecule has 0 saturated carbocycles. The zero-order valence-corrected chi connectivity index (χ0v) is 16.0.